The van der Waals surface area contributed by atoms with Crippen LogP contribution in [0.3, 0.4) is 0 Å². The number of aromatic nitrogens is 2. The lowest BCUT2D eigenvalue weighted by molar-refractivity contribution is 0.609. The predicted molar refractivity (Wildman–Crippen MR) is 109 cm³/mol. The second kappa shape index (κ2) is 8.01. The molecule has 0 aliphatic heterocycles. The first-order valence-corrected chi connectivity index (χ1v) is 9.90. The molecule has 0 atom stereocenters. The molecular weight excluding hydrogens is 360 g/mol. The van der Waals surface area contributed by atoms with E-state index in [0.29, 0.717) is 11.6 Å². The van der Waals surface area contributed by atoms with Crippen molar-refractivity contribution in [3.63, 3.8) is 0 Å². The average molecular weight is 380 g/mol. The number of rotatable bonds is 6. The summed E-state index contributed by atoms with van der Waals surface area (Å²) < 4.78 is 26.9. The van der Waals surface area contributed by atoms with Crippen molar-refractivity contribution in [2.45, 2.75) is 13.8 Å². The fourth-order valence-electron chi connectivity index (χ4n) is 2.46. The first kappa shape index (κ1) is 18.6. The Morgan fingerprint density at radius 2 is 1.44 bits per heavy atom. The molecule has 0 radical (unpaired) electrons. The van der Waals surface area contributed by atoms with Crippen molar-refractivity contribution in [3.8, 4) is 0 Å². The molecule has 3 rings (SSSR count). The zero-order valence-electron chi connectivity index (χ0n) is 15.0. The van der Waals surface area contributed by atoms with Gasteiger partial charge in [0.25, 0.3) is 10.0 Å². The summed E-state index contributed by atoms with van der Waals surface area (Å²) in [6.07, 6.45) is 1.55. The van der Waals surface area contributed by atoms with Gasteiger partial charge in [-0.05, 0) is 55.8 Å². The van der Waals surface area contributed by atoms with E-state index in [1.165, 1.54) is 0 Å². The third kappa shape index (κ3) is 5.65. The van der Waals surface area contributed by atoms with Crippen LogP contribution in [0.5, 0.6) is 0 Å². The molecule has 6 nitrogen and oxygen atoms in total. The van der Waals surface area contributed by atoms with Crippen LogP contribution in [0.2, 0.25) is 0 Å². The van der Waals surface area contributed by atoms with E-state index in [9.17, 15) is 8.42 Å². The molecule has 0 saturated heterocycles. The minimum Gasteiger partial charge on any atom is -0.324 e. The summed E-state index contributed by atoms with van der Waals surface area (Å²) in [7, 11) is -3.59. The summed E-state index contributed by atoms with van der Waals surface area (Å²) in [5.74, 6) is 0.506. The van der Waals surface area contributed by atoms with Crippen LogP contribution >= 0.6 is 0 Å². The highest BCUT2D eigenvalue weighted by Crippen LogP contribution is 2.18. The molecule has 0 spiro atoms. The Labute approximate surface area is 159 Å². The van der Waals surface area contributed by atoms with Gasteiger partial charge in [-0.2, -0.15) is 0 Å². The SMILES string of the molecule is Cc1cc(C)nc(Nc2ccc(NS(=O)(=O)C=Cc3ccccc3)cc2)n1. The number of hydrogen-bond acceptors (Lipinski definition) is 5. The number of nitrogens with one attached hydrogen (secondary N) is 2. The van der Waals surface area contributed by atoms with E-state index in [-0.39, 0.29) is 0 Å². The highest BCUT2D eigenvalue weighted by atomic mass is 32.2. The fraction of sp³-hybridized carbons (Fsp3) is 0.100. The molecule has 27 heavy (non-hydrogen) atoms. The summed E-state index contributed by atoms with van der Waals surface area (Å²) in [5.41, 5.74) is 3.80. The van der Waals surface area contributed by atoms with Gasteiger partial charge in [0.2, 0.25) is 5.95 Å². The zero-order chi connectivity index (χ0) is 19.3. The number of benzene rings is 2. The molecule has 1 aromatic heterocycles. The van der Waals surface area contributed by atoms with Crippen molar-refractivity contribution in [2.24, 2.45) is 0 Å². The van der Waals surface area contributed by atoms with E-state index < -0.39 is 10.0 Å². The van der Waals surface area contributed by atoms with Crippen LogP contribution in [0.15, 0.2) is 66.1 Å². The molecule has 1 heterocycles. The lowest BCUT2D eigenvalue weighted by atomic mass is 10.2. The van der Waals surface area contributed by atoms with Crippen LogP contribution in [-0.4, -0.2) is 18.4 Å². The highest BCUT2D eigenvalue weighted by molar-refractivity contribution is 7.95. The van der Waals surface area contributed by atoms with Crippen molar-refractivity contribution in [1.29, 1.82) is 0 Å². The van der Waals surface area contributed by atoms with Crippen LogP contribution in [0.4, 0.5) is 17.3 Å². The van der Waals surface area contributed by atoms with Crippen LogP contribution in [-0.2, 0) is 10.0 Å². The normalized spacial score (nSPS) is 11.5. The van der Waals surface area contributed by atoms with Gasteiger partial charge in [-0.1, -0.05) is 30.3 Å². The van der Waals surface area contributed by atoms with Gasteiger partial charge in [0.1, 0.15) is 0 Å². The number of hydrogen-bond donors (Lipinski definition) is 2. The Morgan fingerprint density at radius 1 is 0.852 bits per heavy atom. The standard InChI is InChI=1S/C20H20N4O2S/c1-15-14-16(2)22-20(21-15)23-18-8-10-19(11-9-18)24-27(25,26)13-12-17-6-4-3-5-7-17/h3-14,24H,1-2H3,(H,21,22,23). The molecule has 0 amide bonds. The zero-order valence-corrected chi connectivity index (χ0v) is 15.9. The van der Waals surface area contributed by atoms with Gasteiger partial charge < -0.3 is 5.32 Å². The molecule has 2 N–H and O–H groups in total. The minimum atomic E-state index is -3.59. The third-order valence-corrected chi connectivity index (χ3v) is 4.64. The first-order valence-electron chi connectivity index (χ1n) is 8.35. The maximum absolute atomic E-state index is 12.2. The summed E-state index contributed by atoms with van der Waals surface area (Å²) in [4.78, 5) is 8.64. The smallest absolute Gasteiger partial charge is 0.255 e. The molecule has 3 aromatic rings. The van der Waals surface area contributed by atoms with Crippen molar-refractivity contribution in [3.05, 3.63) is 83.0 Å². The quantitative estimate of drug-likeness (QED) is 0.668. The second-order valence-corrected chi connectivity index (χ2v) is 7.60. The maximum atomic E-state index is 12.2. The molecule has 0 aliphatic rings. The van der Waals surface area contributed by atoms with E-state index in [2.05, 4.69) is 20.0 Å². The summed E-state index contributed by atoms with van der Waals surface area (Å²) in [6, 6.07) is 18.0. The molecule has 0 fully saturated rings. The fourth-order valence-corrected chi connectivity index (χ4v) is 3.33. The maximum Gasteiger partial charge on any atom is 0.255 e. The Kier molecular flexibility index (Phi) is 5.52. The van der Waals surface area contributed by atoms with Gasteiger partial charge in [-0.3, -0.25) is 4.72 Å². The van der Waals surface area contributed by atoms with Gasteiger partial charge in [-0.25, -0.2) is 18.4 Å². The minimum absolute atomic E-state index is 0.472. The van der Waals surface area contributed by atoms with Crippen LogP contribution in [0.25, 0.3) is 6.08 Å². The number of anilines is 3. The van der Waals surface area contributed by atoms with E-state index in [1.807, 2.05) is 50.2 Å². The summed E-state index contributed by atoms with van der Waals surface area (Å²) in [6.45, 7) is 3.81. The van der Waals surface area contributed by atoms with E-state index in [0.717, 1.165) is 28.0 Å². The molecular formula is C20H20N4O2S. The topological polar surface area (TPSA) is 84.0 Å². The second-order valence-electron chi connectivity index (χ2n) is 6.04. The van der Waals surface area contributed by atoms with Gasteiger partial charge >= 0.3 is 0 Å². The number of sulfonamides is 1. The first-order chi connectivity index (χ1) is 12.9. The Hall–Kier alpha value is -3.19. The van der Waals surface area contributed by atoms with E-state index in [1.54, 1.807) is 30.3 Å². The Morgan fingerprint density at radius 3 is 2.07 bits per heavy atom. The lowest BCUT2D eigenvalue weighted by Crippen LogP contribution is -2.08. The van der Waals surface area contributed by atoms with Gasteiger partial charge in [0, 0.05) is 22.8 Å². The molecule has 0 unspecified atom stereocenters. The summed E-state index contributed by atoms with van der Waals surface area (Å²) in [5, 5.41) is 4.26. The largest absolute Gasteiger partial charge is 0.324 e. The molecule has 0 saturated carbocycles. The van der Waals surface area contributed by atoms with E-state index in [4.69, 9.17) is 0 Å². The van der Waals surface area contributed by atoms with Crippen LogP contribution < -0.4 is 10.0 Å². The monoisotopic (exact) mass is 380 g/mol. The van der Waals surface area contributed by atoms with Crippen molar-refractivity contribution in [1.82, 2.24) is 9.97 Å². The third-order valence-electron chi connectivity index (χ3n) is 3.62. The van der Waals surface area contributed by atoms with Gasteiger partial charge in [-0.15, -0.1) is 0 Å². The van der Waals surface area contributed by atoms with Crippen molar-refractivity contribution >= 4 is 33.4 Å². The number of nitrogens with zero attached hydrogens (tertiary/aromatic N) is 2. The predicted octanol–water partition coefficient (Wildman–Crippen LogP) is 4.25. The average Bonchev–Trinajstić information content (AvgIpc) is 2.62. The van der Waals surface area contributed by atoms with Crippen molar-refractivity contribution < 1.29 is 8.42 Å². The van der Waals surface area contributed by atoms with Crippen molar-refractivity contribution in [2.75, 3.05) is 10.0 Å². The van der Waals surface area contributed by atoms with Gasteiger partial charge in [0.15, 0.2) is 0 Å². The molecule has 2 aromatic carbocycles. The van der Waals surface area contributed by atoms with Crippen LogP contribution in [0.1, 0.15) is 17.0 Å². The molecule has 7 heteroatoms. The highest BCUT2D eigenvalue weighted by Gasteiger charge is 2.06. The van der Waals surface area contributed by atoms with E-state index >= 15 is 0 Å². The van der Waals surface area contributed by atoms with Crippen LogP contribution in [0, 0.1) is 13.8 Å². The Balaban J connectivity index is 1.67. The Bertz CT molecular complexity index is 1030. The van der Waals surface area contributed by atoms with Gasteiger partial charge in [0.05, 0.1) is 5.41 Å². The summed E-state index contributed by atoms with van der Waals surface area (Å²) >= 11 is 0. The molecule has 0 aliphatic carbocycles. The molecule has 138 valence electrons. The molecule has 0 bridgehead atoms. The lowest BCUT2D eigenvalue weighted by Gasteiger charge is -2.08. The number of aryl methyl sites for hydroxylation is 2.